The van der Waals surface area contributed by atoms with Gasteiger partial charge in [0.2, 0.25) is 0 Å². The molecule has 0 spiro atoms. The van der Waals surface area contributed by atoms with Crippen LogP contribution in [0.15, 0.2) is 12.3 Å². The molecule has 0 aliphatic heterocycles. The Morgan fingerprint density at radius 1 is 1.47 bits per heavy atom. The predicted molar refractivity (Wildman–Crippen MR) is 70.8 cm³/mol. The SMILES string of the molecule is CCCc1[nH]ccc1C(=O)NCC1(C(=O)OC)CC1. The van der Waals surface area contributed by atoms with E-state index in [4.69, 9.17) is 4.74 Å². The van der Waals surface area contributed by atoms with Crippen LogP contribution in [0.4, 0.5) is 0 Å². The summed E-state index contributed by atoms with van der Waals surface area (Å²) in [7, 11) is 1.38. The average Bonchev–Trinajstić information content (AvgIpc) is 3.08. The van der Waals surface area contributed by atoms with E-state index in [0.29, 0.717) is 12.1 Å². The fourth-order valence-electron chi connectivity index (χ4n) is 2.24. The van der Waals surface area contributed by atoms with Crippen molar-refractivity contribution < 1.29 is 14.3 Å². The monoisotopic (exact) mass is 264 g/mol. The molecule has 1 fully saturated rings. The summed E-state index contributed by atoms with van der Waals surface area (Å²) >= 11 is 0. The molecular formula is C14H20N2O3. The molecule has 1 amide bonds. The zero-order valence-corrected chi connectivity index (χ0v) is 11.4. The van der Waals surface area contributed by atoms with Crippen LogP contribution in [-0.4, -0.2) is 30.5 Å². The van der Waals surface area contributed by atoms with Gasteiger partial charge in [0, 0.05) is 18.4 Å². The molecule has 0 saturated heterocycles. The maximum atomic E-state index is 12.1. The molecule has 2 N–H and O–H groups in total. The third kappa shape index (κ3) is 2.80. The molecule has 0 unspecified atom stereocenters. The number of aromatic amines is 1. The second-order valence-corrected chi connectivity index (χ2v) is 5.07. The molecule has 1 aromatic heterocycles. The molecule has 5 heteroatoms. The van der Waals surface area contributed by atoms with Gasteiger partial charge in [-0.25, -0.2) is 0 Å². The van der Waals surface area contributed by atoms with Gasteiger partial charge in [-0.2, -0.15) is 0 Å². The van der Waals surface area contributed by atoms with Crippen molar-refractivity contribution in [2.24, 2.45) is 5.41 Å². The van der Waals surface area contributed by atoms with Gasteiger partial charge >= 0.3 is 5.97 Å². The van der Waals surface area contributed by atoms with Crippen molar-refractivity contribution in [1.82, 2.24) is 10.3 Å². The van der Waals surface area contributed by atoms with Crippen molar-refractivity contribution in [3.05, 3.63) is 23.5 Å². The fourth-order valence-corrected chi connectivity index (χ4v) is 2.24. The molecule has 1 aromatic rings. The number of aryl methyl sites for hydroxylation is 1. The van der Waals surface area contributed by atoms with Gasteiger partial charge in [0.05, 0.1) is 18.1 Å². The van der Waals surface area contributed by atoms with E-state index in [1.165, 1.54) is 7.11 Å². The molecule has 1 aliphatic carbocycles. The quantitative estimate of drug-likeness (QED) is 0.767. The van der Waals surface area contributed by atoms with E-state index in [1.807, 2.05) is 0 Å². The van der Waals surface area contributed by atoms with Gasteiger partial charge in [-0.3, -0.25) is 9.59 Å². The minimum atomic E-state index is -0.481. The lowest BCUT2D eigenvalue weighted by Crippen LogP contribution is -2.35. The van der Waals surface area contributed by atoms with Crippen LogP contribution in [0.2, 0.25) is 0 Å². The molecular weight excluding hydrogens is 244 g/mol. The van der Waals surface area contributed by atoms with Gasteiger partial charge in [-0.1, -0.05) is 13.3 Å². The minimum Gasteiger partial charge on any atom is -0.469 e. The van der Waals surface area contributed by atoms with Crippen molar-refractivity contribution in [3.63, 3.8) is 0 Å². The van der Waals surface area contributed by atoms with Crippen molar-refractivity contribution >= 4 is 11.9 Å². The molecule has 0 aromatic carbocycles. The summed E-state index contributed by atoms with van der Waals surface area (Å²) in [5.74, 6) is -0.351. The number of hydrogen-bond acceptors (Lipinski definition) is 3. The minimum absolute atomic E-state index is 0.125. The number of carbonyl (C=O) groups is 2. The second-order valence-electron chi connectivity index (χ2n) is 5.07. The first-order valence-electron chi connectivity index (χ1n) is 6.66. The summed E-state index contributed by atoms with van der Waals surface area (Å²) in [6.45, 7) is 2.42. The first kappa shape index (κ1) is 13.6. The number of rotatable bonds is 6. The second kappa shape index (κ2) is 5.47. The fraction of sp³-hybridized carbons (Fsp3) is 0.571. The van der Waals surface area contributed by atoms with E-state index in [0.717, 1.165) is 31.4 Å². The molecule has 104 valence electrons. The van der Waals surface area contributed by atoms with Crippen LogP contribution in [0, 0.1) is 5.41 Å². The Morgan fingerprint density at radius 3 is 2.79 bits per heavy atom. The Bertz CT molecular complexity index is 475. The van der Waals surface area contributed by atoms with Gasteiger partial charge in [0.1, 0.15) is 0 Å². The third-order valence-corrected chi connectivity index (χ3v) is 3.64. The van der Waals surface area contributed by atoms with Crippen LogP contribution < -0.4 is 5.32 Å². The Morgan fingerprint density at radius 2 is 2.21 bits per heavy atom. The summed E-state index contributed by atoms with van der Waals surface area (Å²) in [5.41, 5.74) is 1.14. The molecule has 0 bridgehead atoms. The molecule has 0 atom stereocenters. The first-order valence-corrected chi connectivity index (χ1v) is 6.66. The number of methoxy groups -OCH3 is 1. The topological polar surface area (TPSA) is 71.2 Å². The lowest BCUT2D eigenvalue weighted by atomic mass is 10.1. The van der Waals surface area contributed by atoms with Crippen molar-refractivity contribution in [2.45, 2.75) is 32.6 Å². The Kier molecular flexibility index (Phi) is 3.93. The molecule has 1 saturated carbocycles. The van der Waals surface area contributed by atoms with Gasteiger partial charge in [0.25, 0.3) is 5.91 Å². The van der Waals surface area contributed by atoms with Crippen LogP contribution >= 0.6 is 0 Å². The zero-order valence-electron chi connectivity index (χ0n) is 11.4. The Labute approximate surface area is 112 Å². The number of ether oxygens (including phenoxy) is 1. The first-order chi connectivity index (χ1) is 9.13. The smallest absolute Gasteiger partial charge is 0.313 e. The van der Waals surface area contributed by atoms with E-state index >= 15 is 0 Å². The van der Waals surface area contributed by atoms with E-state index in [-0.39, 0.29) is 11.9 Å². The molecule has 2 rings (SSSR count). The Hall–Kier alpha value is -1.78. The number of nitrogens with one attached hydrogen (secondary N) is 2. The Balaban J connectivity index is 1.95. The van der Waals surface area contributed by atoms with E-state index in [9.17, 15) is 9.59 Å². The number of amides is 1. The van der Waals surface area contributed by atoms with Crippen LogP contribution in [-0.2, 0) is 16.0 Å². The van der Waals surface area contributed by atoms with Crippen molar-refractivity contribution in [1.29, 1.82) is 0 Å². The zero-order chi connectivity index (χ0) is 13.9. The molecule has 1 aliphatic rings. The lowest BCUT2D eigenvalue weighted by molar-refractivity contribution is -0.146. The summed E-state index contributed by atoms with van der Waals surface area (Å²) < 4.78 is 4.77. The number of hydrogen-bond donors (Lipinski definition) is 2. The highest BCUT2D eigenvalue weighted by Gasteiger charge is 2.51. The highest BCUT2D eigenvalue weighted by Crippen LogP contribution is 2.46. The molecule has 1 heterocycles. The lowest BCUT2D eigenvalue weighted by Gasteiger charge is -2.13. The standard InChI is InChI=1S/C14H20N2O3/c1-3-4-11-10(5-8-15-11)12(17)16-9-14(6-7-14)13(18)19-2/h5,8,15H,3-4,6-7,9H2,1-2H3,(H,16,17). The summed E-state index contributed by atoms with van der Waals surface area (Å²) in [4.78, 5) is 26.8. The van der Waals surface area contributed by atoms with Gasteiger partial charge in [-0.15, -0.1) is 0 Å². The van der Waals surface area contributed by atoms with E-state index in [1.54, 1.807) is 12.3 Å². The van der Waals surface area contributed by atoms with Crippen LogP contribution in [0.1, 0.15) is 42.2 Å². The summed E-state index contributed by atoms with van der Waals surface area (Å²) in [5, 5.41) is 2.84. The number of esters is 1. The number of carbonyl (C=O) groups excluding carboxylic acids is 2. The predicted octanol–water partition coefficient (Wildman–Crippen LogP) is 1.65. The van der Waals surface area contributed by atoms with Crippen LogP contribution in [0.5, 0.6) is 0 Å². The van der Waals surface area contributed by atoms with Gasteiger partial charge in [-0.05, 0) is 25.3 Å². The summed E-state index contributed by atoms with van der Waals surface area (Å²) in [6, 6.07) is 1.78. The average molecular weight is 264 g/mol. The number of aromatic nitrogens is 1. The number of H-pyrrole nitrogens is 1. The summed E-state index contributed by atoms with van der Waals surface area (Å²) in [6.07, 6.45) is 5.17. The van der Waals surface area contributed by atoms with Crippen molar-refractivity contribution in [3.8, 4) is 0 Å². The normalized spacial score (nSPS) is 15.9. The van der Waals surface area contributed by atoms with Crippen LogP contribution in [0.3, 0.4) is 0 Å². The van der Waals surface area contributed by atoms with Crippen molar-refractivity contribution in [2.75, 3.05) is 13.7 Å². The largest absolute Gasteiger partial charge is 0.469 e. The molecule has 0 radical (unpaired) electrons. The highest BCUT2D eigenvalue weighted by atomic mass is 16.5. The van der Waals surface area contributed by atoms with Gasteiger partial charge in [0.15, 0.2) is 0 Å². The van der Waals surface area contributed by atoms with Crippen LogP contribution in [0.25, 0.3) is 0 Å². The maximum Gasteiger partial charge on any atom is 0.313 e. The maximum absolute atomic E-state index is 12.1. The van der Waals surface area contributed by atoms with Gasteiger partial charge < -0.3 is 15.0 Å². The third-order valence-electron chi connectivity index (χ3n) is 3.64. The van der Waals surface area contributed by atoms with E-state index in [2.05, 4.69) is 17.2 Å². The van der Waals surface area contributed by atoms with E-state index < -0.39 is 5.41 Å². The molecule has 5 nitrogen and oxygen atoms in total. The highest BCUT2D eigenvalue weighted by molar-refractivity contribution is 5.96. The molecule has 19 heavy (non-hydrogen) atoms.